The van der Waals surface area contributed by atoms with Gasteiger partial charge in [0.2, 0.25) is 5.91 Å². The zero-order chi connectivity index (χ0) is 21.5. The van der Waals surface area contributed by atoms with E-state index in [2.05, 4.69) is 10.1 Å². The number of carbonyl (C=O) groups excluding carboxylic acids is 2. The number of nitrogens with zero attached hydrogens (tertiary/aromatic N) is 3. The Kier molecular flexibility index (Phi) is 4.62. The summed E-state index contributed by atoms with van der Waals surface area (Å²) >= 11 is 0. The second kappa shape index (κ2) is 7.46. The number of ether oxygens (including phenoxy) is 1. The predicted molar refractivity (Wildman–Crippen MR) is 115 cm³/mol. The number of fused-ring (bicyclic) bond motifs is 4. The minimum atomic E-state index is -0.566. The number of H-pyrrole nitrogens is 1. The summed E-state index contributed by atoms with van der Waals surface area (Å²) < 4.78 is 5.38. The highest BCUT2D eigenvalue weighted by atomic mass is 16.5. The van der Waals surface area contributed by atoms with Crippen LogP contribution in [0.15, 0.2) is 47.6 Å². The number of benzene rings is 2. The van der Waals surface area contributed by atoms with E-state index in [1.165, 1.54) is 17.3 Å². The third kappa shape index (κ3) is 3.30. The molecule has 8 nitrogen and oxygen atoms in total. The van der Waals surface area contributed by atoms with E-state index in [-0.39, 0.29) is 24.1 Å². The molecule has 5 rings (SSSR count). The molecule has 1 saturated heterocycles. The monoisotopic (exact) mass is 418 g/mol. The Morgan fingerprint density at radius 2 is 2.06 bits per heavy atom. The Hall–Kier alpha value is -3.81. The maximum Gasteiger partial charge on any atom is 0.266 e. The number of para-hydroxylation sites is 1. The van der Waals surface area contributed by atoms with Crippen molar-refractivity contribution in [2.24, 2.45) is 5.10 Å². The predicted octanol–water partition coefficient (Wildman–Crippen LogP) is 2.40. The number of aromatic amines is 1. The molecule has 2 N–H and O–H groups in total. The SMILES string of the molecule is CCOc1cc(C=NN2CC(=O)N3Cc4[nH]c5ccccc5c4CC3C2=O)ccc1O. The topological polar surface area (TPSA) is 98.2 Å². The first kappa shape index (κ1) is 19.2. The van der Waals surface area contributed by atoms with Gasteiger partial charge >= 0.3 is 0 Å². The van der Waals surface area contributed by atoms with Gasteiger partial charge in [-0.15, -0.1) is 0 Å². The van der Waals surface area contributed by atoms with E-state index in [9.17, 15) is 14.7 Å². The maximum atomic E-state index is 13.2. The van der Waals surface area contributed by atoms with Crippen LogP contribution in [-0.2, 0) is 22.6 Å². The third-order valence-electron chi connectivity index (χ3n) is 5.78. The van der Waals surface area contributed by atoms with Crippen molar-refractivity contribution in [2.75, 3.05) is 13.2 Å². The number of aromatic hydroxyl groups is 1. The van der Waals surface area contributed by atoms with Gasteiger partial charge in [-0.05, 0) is 42.3 Å². The van der Waals surface area contributed by atoms with Gasteiger partial charge in [-0.1, -0.05) is 18.2 Å². The molecular weight excluding hydrogens is 396 g/mol. The van der Waals surface area contributed by atoms with Gasteiger partial charge in [0.15, 0.2) is 11.5 Å². The number of amides is 2. The van der Waals surface area contributed by atoms with Crippen LogP contribution in [0.2, 0.25) is 0 Å². The zero-order valence-electron chi connectivity index (χ0n) is 17.0. The summed E-state index contributed by atoms with van der Waals surface area (Å²) in [5, 5.41) is 16.4. The van der Waals surface area contributed by atoms with Crippen LogP contribution in [0.5, 0.6) is 11.5 Å². The van der Waals surface area contributed by atoms with Crippen LogP contribution in [0.25, 0.3) is 10.9 Å². The molecule has 0 saturated carbocycles. The van der Waals surface area contributed by atoms with Crippen molar-refractivity contribution >= 4 is 28.9 Å². The van der Waals surface area contributed by atoms with Crippen molar-refractivity contribution in [3.8, 4) is 11.5 Å². The summed E-state index contributed by atoms with van der Waals surface area (Å²) in [4.78, 5) is 31.0. The molecule has 3 heterocycles. The number of hydrogen-bond acceptors (Lipinski definition) is 5. The molecule has 1 atom stereocenters. The van der Waals surface area contributed by atoms with E-state index >= 15 is 0 Å². The van der Waals surface area contributed by atoms with Gasteiger partial charge in [0, 0.05) is 23.0 Å². The van der Waals surface area contributed by atoms with E-state index in [1.807, 2.05) is 31.2 Å². The van der Waals surface area contributed by atoms with E-state index < -0.39 is 6.04 Å². The molecule has 2 amide bonds. The summed E-state index contributed by atoms with van der Waals surface area (Å²) in [6.07, 6.45) is 1.96. The highest BCUT2D eigenvalue weighted by Gasteiger charge is 2.43. The number of rotatable bonds is 4. The highest BCUT2D eigenvalue weighted by molar-refractivity contribution is 5.97. The van der Waals surface area contributed by atoms with E-state index in [0.717, 1.165) is 22.2 Å². The van der Waals surface area contributed by atoms with Crippen LogP contribution in [-0.4, -0.2) is 57.2 Å². The lowest BCUT2D eigenvalue weighted by Gasteiger charge is -2.40. The molecule has 2 aromatic carbocycles. The fourth-order valence-corrected chi connectivity index (χ4v) is 4.28. The number of hydrogen-bond donors (Lipinski definition) is 2. The Bertz CT molecular complexity index is 1220. The number of nitrogens with one attached hydrogen (secondary N) is 1. The molecule has 1 unspecified atom stereocenters. The van der Waals surface area contributed by atoms with Gasteiger partial charge < -0.3 is 19.7 Å². The normalized spacial score (nSPS) is 18.5. The Morgan fingerprint density at radius 3 is 2.90 bits per heavy atom. The standard InChI is InChI=1S/C23H22N4O4/c1-2-31-21-9-14(7-8-20(21)28)11-24-27-13-22(29)26-12-18-16(10-19(26)23(27)30)15-5-3-4-6-17(15)25-18/h3-9,11,19,25,28H,2,10,12-13H2,1H3. The second-order valence-electron chi connectivity index (χ2n) is 7.67. The van der Waals surface area contributed by atoms with Crippen LogP contribution in [0.1, 0.15) is 23.7 Å². The lowest BCUT2D eigenvalue weighted by atomic mass is 9.94. The first-order valence-electron chi connectivity index (χ1n) is 10.2. The summed E-state index contributed by atoms with van der Waals surface area (Å²) in [5.74, 6) is 0.0517. The Balaban J connectivity index is 1.40. The number of aromatic nitrogens is 1. The van der Waals surface area contributed by atoms with Crippen LogP contribution >= 0.6 is 0 Å². The molecule has 0 bridgehead atoms. The molecule has 1 aromatic heterocycles. The third-order valence-corrected chi connectivity index (χ3v) is 5.78. The number of phenolic OH excluding ortho intramolecular Hbond substituents is 1. The van der Waals surface area contributed by atoms with Gasteiger partial charge in [-0.3, -0.25) is 9.59 Å². The number of hydrazone groups is 1. The minimum Gasteiger partial charge on any atom is -0.504 e. The highest BCUT2D eigenvalue weighted by Crippen LogP contribution is 2.32. The molecule has 0 aliphatic carbocycles. The molecule has 2 aliphatic rings. The van der Waals surface area contributed by atoms with Crippen molar-refractivity contribution in [1.82, 2.24) is 14.9 Å². The van der Waals surface area contributed by atoms with Gasteiger partial charge in [-0.2, -0.15) is 5.10 Å². The quantitative estimate of drug-likeness (QED) is 0.636. The van der Waals surface area contributed by atoms with E-state index in [4.69, 9.17) is 4.74 Å². The van der Waals surface area contributed by atoms with Crippen molar-refractivity contribution in [2.45, 2.75) is 25.9 Å². The molecule has 2 aliphatic heterocycles. The van der Waals surface area contributed by atoms with Crippen LogP contribution in [0, 0.1) is 0 Å². The van der Waals surface area contributed by atoms with Gasteiger partial charge in [0.1, 0.15) is 12.6 Å². The molecule has 0 radical (unpaired) electrons. The summed E-state index contributed by atoms with van der Waals surface area (Å²) in [6, 6.07) is 12.2. The first-order chi connectivity index (χ1) is 15.0. The number of carbonyl (C=O) groups is 2. The van der Waals surface area contributed by atoms with Gasteiger partial charge in [0.25, 0.3) is 5.91 Å². The van der Waals surface area contributed by atoms with E-state index in [0.29, 0.717) is 30.9 Å². The van der Waals surface area contributed by atoms with Crippen LogP contribution in [0.3, 0.4) is 0 Å². The summed E-state index contributed by atoms with van der Waals surface area (Å²) in [6.45, 7) is 2.54. The lowest BCUT2D eigenvalue weighted by Crippen LogP contribution is -2.60. The van der Waals surface area contributed by atoms with Gasteiger partial charge in [0.05, 0.1) is 19.4 Å². The lowest BCUT2D eigenvalue weighted by molar-refractivity contribution is -0.157. The molecule has 158 valence electrons. The van der Waals surface area contributed by atoms with Gasteiger partial charge in [-0.25, -0.2) is 5.01 Å². The largest absolute Gasteiger partial charge is 0.504 e. The number of piperazine rings is 1. The Morgan fingerprint density at radius 1 is 1.23 bits per heavy atom. The van der Waals surface area contributed by atoms with Crippen molar-refractivity contribution in [3.63, 3.8) is 0 Å². The fourth-order valence-electron chi connectivity index (χ4n) is 4.28. The second-order valence-corrected chi connectivity index (χ2v) is 7.67. The molecular formula is C23H22N4O4. The molecule has 0 spiro atoms. The van der Waals surface area contributed by atoms with Crippen molar-refractivity contribution < 1.29 is 19.4 Å². The number of phenols is 1. The molecule has 31 heavy (non-hydrogen) atoms. The maximum absolute atomic E-state index is 13.2. The average molecular weight is 418 g/mol. The minimum absolute atomic E-state index is 0.0376. The Labute approximate surface area is 178 Å². The smallest absolute Gasteiger partial charge is 0.266 e. The van der Waals surface area contributed by atoms with Crippen molar-refractivity contribution in [1.29, 1.82) is 0 Å². The van der Waals surface area contributed by atoms with Crippen LogP contribution < -0.4 is 4.74 Å². The average Bonchev–Trinajstić information content (AvgIpc) is 3.14. The van der Waals surface area contributed by atoms with Crippen LogP contribution in [0.4, 0.5) is 0 Å². The van der Waals surface area contributed by atoms with Crippen molar-refractivity contribution in [3.05, 3.63) is 59.3 Å². The summed E-state index contributed by atoms with van der Waals surface area (Å²) in [7, 11) is 0. The first-order valence-corrected chi connectivity index (χ1v) is 10.2. The van der Waals surface area contributed by atoms with E-state index in [1.54, 1.807) is 17.0 Å². The zero-order valence-corrected chi connectivity index (χ0v) is 17.0. The molecule has 3 aromatic rings. The molecule has 1 fully saturated rings. The fraction of sp³-hybridized carbons (Fsp3) is 0.261. The molecule has 8 heteroatoms. The summed E-state index contributed by atoms with van der Waals surface area (Å²) in [5.41, 5.74) is 3.75.